The van der Waals surface area contributed by atoms with Gasteiger partial charge in [0.05, 0.1) is 78.3 Å². The Kier molecular flexibility index (Phi) is 22.6. The van der Waals surface area contributed by atoms with Gasteiger partial charge in [-0.15, -0.1) is 13.0 Å². The van der Waals surface area contributed by atoms with Crippen molar-refractivity contribution in [1.29, 1.82) is 0 Å². The van der Waals surface area contributed by atoms with Gasteiger partial charge in [-0.1, -0.05) is 45.5 Å². The molecule has 0 spiro atoms. The largest absolute Gasteiger partial charge is 0.396 e. The number of aryl methyl sites for hydroxylation is 1. The summed E-state index contributed by atoms with van der Waals surface area (Å²) in [5, 5.41) is 91.1. The minimum atomic E-state index is -4.99. The Morgan fingerprint density at radius 3 is 1.73 bits per heavy atom. The monoisotopic (exact) mass is 1170 g/mol. The molecule has 2 aromatic heterocycles. The summed E-state index contributed by atoms with van der Waals surface area (Å²) in [6.07, 6.45) is 2.92. The van der Waals surface area contributed by atoms with Crippen LogP contribution in [0.1, 0.15) is 23.1 Å². The molecule has 0 amide bonds. The molecule has 6 rings (SSSR count). The van der Waals surface area contributed by atoms with Crippen LogP contribution in [0.25, 0.3) is 12.2 Å². The second-order valence-electron chi connectivity index (χ2n) is 15.2. The maximum absolute atomic E-state index is 12.9. The Morgan fingerprint density at radius 2 is 1.12 bits per heavy atom. The zero-order chi connectivity index (χ0) is 55.5. The fraction of sp³-hybridized carbons (Fsp3) is 0.220. The molecule has 414 valence electrons. The third-order valence-electron chi connectivity index (χ3n) is 9.90. The predicted molar refractivity (Wildman–Crippen MR) is 276 cm³/mol. The lowest BCUT2D eigenvalue weighted by Crippen LogP contribution is -2.31. The zero-order valence-electron chi connectivity index (χ0n) is 39.4. The van der Waals surface area contributed by atoms with Crippen LogP contribution in [0.2, 0.25) is 0 Å². The van der Waals surface area contributed by atoms with E-state index in [9.17, 15) is 46.4 Å². The van der Waals surface area contributed by atoms with Crippen molar-refractivity contribution in [3.8, 4) is 0 Å². The lowest BCUT2D eigenvalue weighted by Gasteiger charge is -2.22. The van der Waals surface area contributed by atoms with Gasteiger partial charge < -0.3 is 51.9 Å². The van der Waals surface area contributed by atoms with Crippen LogP contribution in [0.5, 0.6) is 0 Å². The van der Waals surface area contributed by atoms with Crippen LogP contribution in [0.15, 0.2) is 97.3 Å². The van der Waals surface area contributed by atoms with Crippen molar-refractivity contribution in [3.63, 3.8) is 0 Å². The first-order valence-corrected chi connectivity index (χ1v) is 26.7. The van der Waals surface area contributed by atoms with Crippen molar-refractivity contribution in [3.05, 3.63) is 89.5 Å². The molecular formula is C41H46N12O19S5. The van der Waals surface area contributed by atoms with Crippen molar-refractivity contribution in [2.45, 2.75) is 43.9 Å². The summed E-state index contributed by atoms with van der Waals surface area (Å²) in [7, 11) is -9.87. The van der Waals surface area contributed by atoms with Crippen molar-refractivity contribution in [1.82, 2.24) is 29.9 Å². The molecular weight excluding hydrogens is 1120 g/mol. The fourth-order valence-electron chi connectivity index (χ4n) is 6.60. The second-order valence-corrected chi connectivity index (χ2v) is 20.2. The van der Waals surface area contributed by atoms with E-state index < -0.39 is 49.3 Å². The van der Waals surface area contributed by atoms with E-state index in [2.05, 4.69) is 80.3 Å². The molecule has 14 N–H and O–H groups in total. The Hall–Kier alpha value is -6.21. The quantitative estimate of drug-likeness (QED) is 0.00870. The topological polar surface area (TPSA) is 446 Å². The van der Waals surface area contributed by atoms with Gasteiger partial charge in [-0.3, -0.25) is 9.11 Å². The molecule has 0 saturated heterocycles. The van der Waals surface area contributed by atoms with E-state index in [-0.39, 0.29) is 95.1 Å². The van der Waals surface area contributed by atoms with Crippen molar-refractivity contribution >= 4 is 127 Å². The van der Waals surface area contributed by atoms with Crippen molar-refractivity contribution < 1.29 is 90.3 Å². The van der Waals surface area contributed by atoms with Crippen LogP contribution >= 0.6 is 36.1 Å². The minimum Gasteiger partial charge on any atom is -0.396 e. The highest BCUT2D eigenvalue weighted by molar-refractivity contribution is 7.95. The molecule has 0 saturated carbocycles. The number of anilines is 10. The Bertz CT molecular complexity index is 3210. The number of nitrogens with zero attached hydrogens (tertiary/aromatic N) is 7. The number of rotatable bonds is 31. The minimum absolute atomic E-state index is 0.00979. The molecule has 1 atom stereocenters. The molecule has 0 aliphatic carbocycles. The third-order valence-corrected chi connectivity index (χ3v) is 13.6. The summed E-state index contributed by atoms with van der Waals surface area (Å²) >= 11 is 1.69. The highest BCUT2D eigenvalue weighted by Crippen LogP contribution is 2.35. The van der Waals surface area contributed by atoms with E-state index >= 15 is 0 Å². The lowest BCUT2D eigenvalue weighted by molar-refractivity contribution is -0.432. The van der Waals surface area contributed by atoms with Crippen LogP contribution in [0.4, 0.5) is 58.4 Å². The number of aliphatic hydroxyl groups excluding tert-OH is 4. The van der Waals surface area contributed by atoms with Gasteiger partial charge in [0.1, 0.15) is 9.79 Å². The Labute approximate surface area is 449 Å². The smallest absolute Gasteiger partial charge is 0.296 e. The normalized spacial score (nSPS) is 12.2. The molecule has 0 aliphatic rings. The molecule has 6 aromatic rings. The van der Waals surface area contributed by atoms with E-state index in [4.69, 9.17) is 20.1 Å². The molecule has 4 aromatic carbocycles. The summed E-state index contributed by atoms with van der Waals surface area (Å²) in [6.45, 7) is 0.119. The first-order valence-electron chi connectivity index (χ1n) is 21.6. The molecule has 0 fully saturated rings. The van der Waals surface area contributed by atoms with E-state index in [1.54, 1.807) is 30.3 Å². The number of aromatic nitrogens is 6. The van der Waals surface area contributed by atoms with Crippen molar-refractivity contribution in [2.75, 3.05) is 71.0 Å². The highest BCUT2D eigenvalue weighted by atomic mass is 32.2. The molecule has 31 nitrogen and oxygen atoms in total. The molecule has 0 radical (unpaired) electrons. The fourth-order valence-corrected chi connectivity index (χ4v) is 9.28. The number of nitrogens with one attached hydrogen (secondary N) is 5. The number of aliphatic hydroxyl groups is 4. The molecule has 2 heterocycles. The van der Waals surface area contributed by atoms with E-state index in [1.807, 2.05) is 6.92 Å². The number of hydrogen-bond donors (Lipinski definition) is 14. The molecule has 0 aliphatic heterocycles. The lowest BCUT2D eigenvalue weighted by atomic mass is 10.1. The van der Waals surface area contributed by atoms with Gasteiger partial charge in [0.15, 0.2) is 0 Å². The third kappa shape index (κ3) is 17.9. The summed E-state index contributed by atoms with van der Waals surface area (Å²) < 4.78 is 84.7. The van der Waals surface area contributed by atoms with Gasteiger partial charge >= 0.3 is 0 Å². The van der Waals surface area contributed by atoms with Crippen LogP contribution in [-0.2, 0) is 48.4 Å². The Morgan fingerprint density at radius 1 is 0.571 bits per heavy atom. The van der Waals surface area contributed by atoms with E-state index in [0.29, 0.717) is 58.0 Å². The summed E-state index contributed by atoms with van der Waals surface area (Å²) in [4.78, 5) is 27.1. The maximum atomic E-state index is 12.9. The van der Waals surface area contributed by atoms with Gasteiger partial charge in [-0.25, -0.2) is 15.8 Å². The van der Waals surface area contributed by atoms with Gasteiger partial charge in [0.2, 0.25) is 35.7 Å². The SMILES string of the molecule is Cc1ccc(SOOO)c(Nc2nc(Nc3ccc(C=Cc4ccc(Nc5nc(Nc6cc(SOOO)ccc6S(=O)(=O)O)nc(N(CCO)CCO)n5)cc4S(=O)(=O)O)c(SOOO)c3)nc(NC(CO)CCO)n2)c1. The molecule has 77 heavy (non-hydrogen) atoms. The number of hydrogen-bond acceptors (Lipinski definition) is 32. The molecule has 36 heteroatoms. The van der Waals surface area contributed by atoms with Gasteiger partial charge in [-0.05, 0) is 84.6 Å². The average molecular weight is 1170 g/mol. The Balaban J connectivity index is 1.32. The van der Waals surface area contributed by atoms with Crippen LogP contribution in [0.3, 0.4) is 0 Å². The van der Waals surface area contributed by atoms with Crippen molar-refractivity contribution in [2.24, 2.45) is 0 Å². The molecule has 0 bridgehead atoms. The number of benzene rings is 4. The van der Waals surface area contributed by atoms with E-state index in [1.165, 1.54) is 47.4 Å². The predicted octanol–water partition coefficient (Wildman–Crippen LogP) is 5.23. The molecule has 1 unspecified atom stereocenters. The van der Waals surface area contributed by atoms with E-state index in [0.717, 1.165) is 17.7 Å². The average Bonchev–Trinajstić information content (AvgIpc) is 3.39. The second kappa shape index (κ2) is 29.0. The van der Waals surface area contributed by atoms with Crippen LogP contribution in [-0.4, -0.2) is 138 Å². The zero-order valence-corrected chi connectivity index (χ0v) is 43.5. The first kappa shape index (κ1) is 60.0. The van der Waals surface area contributed by atoms with Gasteiger partial charge in [-0.2, -0.15) is 46.7 Å². The van der Waals surface area contributed by atoms with Crippen LogP contribution in [0, 0.1) is 6.92 Å². The standard InChI is InChI=1S/C41H46N12O19S5/c1-23-2-10-32(74-71-68-59)30(18-23)45-39-48-36(47-37(49-39)44-28(22-57)12-15-54)42-26-7-5-24(33(19-26)75-72-69-60)3-4-25-6-8-27(20-35(25)77(64,65)66)43-38-50-40(52-41(51-38)53(13-16-55)14-17-56)46-31-21-29(73-70-67-58)9-11-34(31)76(61,62)63/h2-11,18-21,28,54-60H,12-17,22H2,1H3,(H,61,62,63)(H,64,65,66)(H2,43,46,50,51,52)(H3,42,44,45,47,48,49). The maximum Gasteiger partial charge on any atom is 0.296 e. The van der Waals surface area contributed by atoms with Crippen LogP contribution < -0.4 is 31.5 Å². The first-order chi connectivity index (χ1) is 37.0. The summed E-state index contributed by atoms with van der Waals surface area (Å²) in [6, 6.07) is 16.3. The summed E-state index contributed by atoms with van der Waals surface area (Å²) in [5.41, 5.74) is 1.56. The van der Waals surface area contributed by atoms with Gasteiger partial charge in [0, 0.05) is 40.9 Å². The van der Waals surface area contributed by atoms with Gasteiger partial charge in [0.25, 0.3) is 20.2 Å². The highest BCUT2D eigenvalue weighted by Gasteiger charge is 2.22. The summed E-state index contributed by atoms with van der Waals surface area (Å²) in [5.74, 6) is -0.938.